The van der Waals surface area contributed by atoms with E-state index in [2.05, 4.69) is 10.6 Å². The second-order valence-corrected chi connectivity index (χ2v) is 6.11. The van der Waals surface area contributed by atoms with Crippen molar-refractivity contribution in [1.82, 2.24) is 10.6 Å². The predicted octanol–water partition coefficient (Wildman–Crippen LogP) is 1.48. The van der Waals surface area contributed by atoms with Crippen LogP contribution in [0.2, 0.25) is 0 Å². The third kappa shape index (κ3) is 4.02. The van der Waals surface area contributed by atoms with Crippen molar-refractivity contribution in [3.05, 3.63) is 33.4 Å². The molecule has 22 heavy (non-hydrogen) atoms. The van der Waals surface area contributed by atoms with Crippen molar-refractivity contribution in [2.24, 2.45) is 0 Å². The van der Waals surface area contributed by atoms with E-state index in [0.717, 1.165) is 11.3 Å². The number of hydrogen-bond acceptors (Lipinski definition) is 5. The Balaban J connectivity index is 1.87. The smallest absolute Gasteiger partial charge is 0.337 e. The first-order valence-corrected chi connectivity index (χ1v) is 8.10. The number of nitrogens with one attached hydrogen (secondary N) is 2. The standard InChI is InChI=1S/C14H17FN2O3S2/c1-8-11(10(7-18)17-14(21)16-8)13(19)20-5-2-3-9-4-6-22-12(9)15/h4,6,10,18H,2-3,5,7H2,1H3,(H2,16,17,21). The first kappa shape index (κ1) is 16.9. The van der Waals surface area contributed by atoms with Crippen LogP contribution in [-0.4, -0.2) is 35.4 Å². The maximum atomic E-state index is 13.3. The minimum Gasteiger partial charge on any atom is -0.462 e. The number of carbonyl (C=O) groups excluding carboxylic acids is 1. The van der Waals surface area contributed by atoms with Gasteiger partial charge in [-0.25, -0.2) is 4.79 Å². The summed E-state index contributed by atoms with van der Waals surface area (Å²) in [7, 11) is 0. The van der Waals surface area contributed by atoms with Gasteiger partial charge in [0.05, 0.1) is 24.8 Å². The van der Waals surface area contributed by atoms with Crippen molar-refractivity contribution in [2.75, 3.05) is 13.2 Å². The maximum Gasteiger partial charge on any atom is 0.337 e. The van der Waals surface area contributed by atoms with Gasteiger partial charge in [-0.05, 0) is 49.0 Å². The van der Waals surface area contributed by atoms with Gasteiger partial charge in [-0.2, -0.15) is 4.39 Å². The van der Waals surface area contributed by atoms with Gasteiger partial charge in [0.2, 0.25) is 0 Å². The highest BCUT2D eigenvalue weighted by Crippen LogP contribution is 2.17. The van der Waals surface area contributed by atoms with E-state index in [9.17, 15) is 14.3 Å². The first-order chi connectivity index (χ1) is 10.5. The van der Waals surface area contributed by atoms with Gasteiger partial charge in [-0.15, -0.1) is 11.3 Å². The Morgan fingerprint density at radius 2 is 2.36 bits per heavy atom. The zero-order valence-corrected chi connectivity index (χ0v) is 13.7. The van der Waals surface area contributed by atoms with Crippen molar-refractivity contribution < 1.29 is 19.0 Å². The molecule has 0 fully saturated rings. The van der Waals surface area contributed by atoms with Gasteiger partial charge in [0.15, 0.2) is 10.2 Å². The van der Waals surface area contributed by atoms with Crippen LogP contribution < -0.4 is 10.6 Å². The third-order valence-electron chi connectivity index (χ3n) is 3.28. The summed E-state index contributed by atoms with van der Waals surface area (Å²) in [6, 6.07) is 1.15. The average molecular weight is 344 g/mol. The molecule has 1 aliphatic heterocycles. The van der Waals surface area contributed by atoms with Crippen LogP contribution in [0, 0.1) is 5.13 Å². The van der Waals surface area contributed by atoms with Crippen LogP contribution in [0.4, 0.5) is 4.39 Å². The summed E-state index contributed by atoms with van der Waals surface area (Å²) in [6.07, 6.45) is 1.05. The van der Waals surface area contributed by atoms with Crippen molar-refractivity contribution in [3.8, 4) is 0 Å². The molecule has 0 amide bonds. The number of esters is 1. The van der Waals surface area contributed by atoms with Crippen LogP contribution in [0.15, 0.2) is 22.7 Å². The van der Waals surface area contributed by atoms with Crippen LogP contribution >= 0.6 is 23.6 Å². The molecule has 0 saturated carbocycles. The molecule has 0 aliphatic carbocycles. The SMILES string of the molecule is CC1=C(C(=O)OCCCc2ccsc2F)C(CO)NC(=S)N1. The molecule has 1 unspecified atom stereocenters. The fraction of sp³-hybridized carbons (Fsp3) is 0.429. The molecule has 5 nitrogen and oxygen atoms in total. The Hall–Kier alpha value is -1.51. The largest absolute Gasteiger partial charge is 0.462 e. The molecule has 3 N–H and O–H groups in total. The zero-order valence-electron chi connectivity index (χ0n) is 12.0. The molecule has 2 heterocycles. The van der Waals surface area contributed by atoms with E-state index in [1.165, 1.54) is 0 Å². The fourth-order valence-electron chi connectivity index (χ4n) is 2.20. The van der Waals surface area contributed by atoms with E-state index in [0.29, 0.717) is 34.8 Å². The molecule has 8 heteroatoms. The van der Waals surface area contributed by atoms with Gasteiger partial charge < -0.3 is 20.5 Å². The van der Waals surface area contributed by atoms with E-state index < -0.39 is 12.0 Å². The van der Waals surface area contributed by atoms with Crippen molar-refractivity contribution in [1.29, 1.82) is 0 Å². The molecule has 0 bridgehead atoms. The van der Waals surface area contributed by atoms with Crippen LogP contribution in [0.5, 0.6) is 0 Å². The molecule has 0 spiro atoms. The monoisotopic (exact) mass is 344 g/mol. The van der Waals surface area contributed by atoms with Crippen molar-refractivity contribution in [2.45, 2.75) is 25.8 Å². The minimum absolute atomic E-state index is 0.188. The van der Waals surface area contributed by atoms with Gasteiger partial charge in [0, 0.05) is 5.70 Å². The number of aryl methyl sites for hydroxylation is 1. The van der Waals surface area contributed by atoms with Crippen LogP contribution in [-0.2, 0) is 16.0 Å². The number of aliphatic hydroxyl groups is 1. The van der Waals surface area contributed by atoms with Gasteiger partial charge in [-0.3, -0.25) is 0 Å². The Kier molecular flexibility index (Phi) is 5.87. The number of allylic oxidation sites excluding steroid dienone is 1. The van der Waals surface area contributed by atoms with E-state index >= 15 is 0 Å². The number of thiophene rings is 1. The van der Waals surface area contributed by atoms with Crippen LogP contribution in [0.25, 0.3) is 0 Å². The summed E-state index contributed by atoms with van der Waals surface area (Å²) < 4.78 is 18.5. The molecule has 2 rings (SSSR count). The molecule has 1 atom stereocenters. The number of ether oxygens (including phenoxy) is 1. The molecule has 0 aromatic carbocycles. The quantitative estimate of drug-likeness (QED) is 0.412. The molecule has 0 saturated heterocycles. The predicted molar refractivity (Wildman–Crippen MR) is 86.0 cm³/mol. The first-order valence-electron chi connectivity index (χ1n) is 6.81. The lowest BCUT2D eigenvalue weighted by Crippen LogP contribution is -2.51. The molecule has 1 aliphatic rings. The second kappa shape index (κ2) is 7.66. The van der Waals surface area contributed by atoms with Crippen LogP contribution in [0.3, 0.4) is 0 Å². The summed E-state index contributed by atoms with van der Waals surface area (Å²) in [5.41, 5.74) is 1.53. The lowest BCUT2D eigenvalue weighted by Gasteiger charge is -2.28. The van der Waals surface area contributed by atoms with Gasteiger partial charge in [0.25, 0.3) is 0 Å². The van der Waals surface area contributed by atoms with E-state index in [4.69, 9.17) is 17.0 Å². The summed E-state index contributed by atoms with van der Waals surface area (Å²) >= 11 is 6.03. The summed E-state index contributed by atoms with van der Waals surface area (Å²) in [5, 5.41) is 16.8. The maximum absolute atomic E-state index is 13.3. The summed E-state index contributed by atoms with van der Waals surface area (Å²) in [5.74, 6) is -0.509. The Bertz CT molecular complexity index is 601. The minimum atomic E-state index is -0.574. The number of aliphatic hydroxyl groups excluding tert-OH is 1. The van der Waals surface area contributed by atoms with E-state index in [1.54, 1.807) is 18.4 Å². The van der Waals surface area contributed by atoms with E-state index in [1.807, 2.05) is 0 Å². The molecular weight excluding hydrogens is 327 g/mol. The average Bonchev–Trinajstić information content (AvgIpc) is 2.87. The van der Waals surface area contributed by atoms with Gasteiger partial charge in [0.1, 0.15) is 0 Å². The second-order valence-electron chi connectivity index (χ2n) is 4.83. The Morgan fingerprint density at radius 3 is 3.00 bits per heavy atom. The summed E-state index contributed by atoms with van der Waals surface area (Å²) in [4.78, 5) is 12.1. The Labute approximate surface area is 137 Å². The highest BCUT2D eigenvalue weighted by Gasteiger charge is 2.28. The molecule has 1 aromatic heterocycles. The molecular formula is C14H17FN2O3S2. The summed E-state index contributed by atoms with van der Waals surface area (Å²) in [6.45, 7) is 1.63. The number of hydrogen-bond donors (Lipinski definition) is 3. The van der Waals surface area contributed by atoms with E-state index in [-0.39, 0.29) is 18.3 Å². The van der Waals surface area contributed by atoms with Crippen molar-refractivity contribution in [3.63, 3.8) is 0 Å². The normalized spacial score (nSPS) is 18.0. The number of carbonyl (C=O) groups is 1. The lowest BCUT2D eigenvalue weighted by atomic mass is 10.0. The molecule has 120 valence electrons. The van der Waals surface area contributed by atoms with Crippen molar-refractivity contribution >= 4 is 34.6 Å². The molecule has 1 aromatic rings. The Morgan fingerprint density at radius 1 is 1.59 bits per heavy atom. The number of halogens is 1. The highest BCUT2D eigenvalue weighted by molar-refractivity contribution is 7.80. The molecule has 0 radical (unpaired) electrons. The topological polar surface area (TPSA) is 70.6 Å². The number of rotatable bonds is 6. The third-order valence-corrected chi connectivity index (χ3v) is 4.24. The van der Waals surface area contributed by atoms with Gasteiger partial charge >= 0.3 is 5.97 Å². The lowest BCUT2D eigenvalue weighted by molar-refractivity contribution is -0.139. The zero-order chi connectivity index (χ0) is 16.1. The van der Waals surface area contributed by atoms with Gasteiger partial charge in [-0.1, -0.05) is 0 Å². The van der Waals surface area contributed by atoms with Crippen LogP contribution in [0.1, 0.15) is 18.9 Å². The fourth-order valence-corrected chi connectivity index (χ4v) is 3.17. The number of thiocarbonyl (C=S) groups is 1. The highest BCUT2D eigenvalue weighted by atomic mass is 32.1.